The van der Waals surface area contributed by atoms with Crippen LogP contribution < -0.4 is 11.1 Å². The highest BCUT2D eigenvalue weighted by Gasteiger charge is 2.46. The maximum Gasteiger partial charge on any atom is 0.244 e. The summed E-state index contributed by atoms with van der Waals surface area (Å²) in [5.74, 6) is -0.119. The standard InChI is InChI=1S/C14H16N4O/c15-14(6-7-14)13(19)17-12-8-16-18(10-12)9-11-4-2-1-3-5-11/h1-5,8,10H,6-7,9,15H2,(H,17,19). The highest BCUT2D eigenvalue weighted by molar-refractivity contribution is 5.99. The Morgan fingerprint density at radius 3 is 2.79 bits per heavy atom. The van der Waals surface area contributed by atoms with Crippen LogP contribution in [0.15, 0.2) is 42.7 Å². The van der Waals surface area contributed by atoms with Gasteiger partial charge in [-0.15, -0.1) is 0 Å². The van der Waals surface area contributed by atoms with Gasteiger partial charge in [0.1, 0.15) is 0 Å². The smallest absolute Gasteiger partial charge is 0.244 e. The van der Waals surface area contributed by atoms with Crippen LogP contribution in [0.5, 0.6) is 0 Å². The Balaban J connectivity index is 1.65. The highest BCUT2D eigenvalue weighted by Crippen LogP contribution is 2.33. The van der Waals surface area contributed by atoms with Crippen molar-refractivity contribution in [2.24, 2.45) is 5.73 Å². The number of hydrogen-bond acceptors (Lipinski definition) is 3. The van der Waals surface area contributed by atoms with Crippen LogP contribution in [0.1, 0.15) is 18.4 Å². The maximum atomic E-state index is 11.8. The zero-order valence-corrected chi connectivity index (χ0v) is 10.5. The number of hydrogen-bond donors (Lipinski definition) is 2. The van der Waals surface area contributed by atoms with Gasteiger partial charge in [-0.05, 0) is 18.4 Å². The second kappa shape index (κ2) is 4.51. The number of benzene rings is 1. The van der Waals surface area contributed by atoms with Gasteiger partial charge in [0.15, 0.2) is 0 Å². The second-order valence-corrected chi connectivity index (χ2v) is 5.02. The van der Waals surface area contributed by atoms with Crippen LogP contribution in [0.4, 0.5) is 5.69 Å². The summed E-state index contributed by atoms with van der Waals surface area (Å²) >= 11 is 0. The molecule has 5 heteroatoms. The van der Waals surface area contributed by atoms with E-state index < -0.39 is 5.54 Å². The number of carbonyl (C=O) groups is 1. The summed E-state index contributed by atoms with van der Waals surface area (Å²) in [5, 5.41) is 7.03. The van der Waals surface area contributed by atoms with Crippen molar-refractivity contribution in [1.82, 2.24) is 9.78 Å². The van der Waals surface area contributed by atoms with Crippen molar-refractivity contribution in [3.05, 3.63) is 48.3 Å². The molecule has 1 aromatic carbocycles. The molecule has 19 heavy (non-hydrogen) atoms. The number of aromatic nitrogens is 2. The van der Waals surface area contributed by atoms with Gasteiger partial charge in [0.2, 0.25) is 5.91 Å². The van der Waals surface area contributed by atoms with Gasteiger partial charge < -0.3 is 11.1 Å². The van der Waals surface area contributed by atoms with Crippen molar-refractivity contribution in [3.63, 3.8) is 0 Å². The minimum absolute atomic E-state index is 0.119. The van der Waals surface area contributed by atoms with Crippen LogP contribution in [-0.4, -0.2) is 21.2 Å². The van der Waals surface area contributed by atoms with Gasteiger partial charge in [-0.3, -0.25) is 9.48 Å². The molecule has 0 radical (unpaired) electrons. The zero-order chi connectivity index (χ0) is 13.3. The van der Waals surface area contributed by atoms with E-state index in [1.165, 1.54) is 5.56 Å². The number of anilines is 1. The number of rotatable bonds is 4. The Kier molecular flexibility index (Phi) is 2.83. The molecule has 5 nitrogen and oxygen atoms in total. The van der Waals surface area contributed by atoms with E-state index >= 15 is 0 Å². The molecule has 1 aliphatic carbocycles. The molecular weight excluding hydrogens is 240 g/mol. The minimum Gasteiger partial charge on any atom is -0.322 e. The van der Waals surface area contributed by atoms with Gasteiger partial charge in [-0.2, -0.15) is 5.10 Å². The molecule has 1 fully saturated rings. The van der Waals surface area contributed by atoms with Gasteiger partial charge in [0, 0.05) is 6.20 Å². The average Bonchev–Trinajstić information content (AvgIpc) is 3.02. The lowest BCUT2D eigenvalue weighted by molar-refractivity contribution is -0.118. The Morgan fingerprint density at radius 1 is 1.37 bits per heavy atom. The molecule has 1 aliphatic rings. The number of nitrogens with two attached hydrogens (primary N) is 1. The molecule has 1 amide bonds. The fourth-order valence-electron chi connectivity index (χ4n) is 1.90. The van der Waals surface area contributed by atoms with E-state index in [1.807, 2.05) is 36.5 Å². The lowest BCUT2D eigenvalue weighted by Crippen LogP contribution is -2.37. The van der Waals surface area contributed by atoms with E-state index in [4.69, 9.17) is 5.73 Å². The van der Waals surface area contributed by atoms with Crippen molar-refractivity contribution in [2.75, 3.05) is 5.32 Å². The molecule has 0 spiro atoms. The predicted octanol–water partition coefficient (Wildman–Crippen LogP) is 1.36. The van der Waals surface area contributed by atoms with Crippen LogP contribution in [0.2, 0.25) is 0 Å². The van der Waals surface area contributed by atoms with E-state index in [0.717, 1.165) is 12.8 Å². The van der Waals surface area contributed by atoms with Gasteiger partial charge in [0.05, 0.1) is 24.0 Å². The van der Waals surface area contributed by atoms with Gasteiger partial charge in [-0.25, -0.2) is 0 Å². The summed E-state index contributed by atoms with van der Waals surface area (Å²) < 4.78 is 1.79. The first-order chi connectivity index (χ1) is 9.16. The Bertz CT molecular complexity index is 587. The minimum atomic E-state index is -0.651. The van der Waals surface area contributed by atoms with Crippen molar-refractivity contribution < 1.29 is 4.79 Å². The summed E-state index contributed by atoms with van der Waals surface area (Å²) in [7, 11) is 0. The molecule has 0 aliphatic heterocycles. The Hall–Kier alpha value is -2.14. The number of nitrogens with zero attached hydrogens (tertiary/aromatic N) is 2. The van der Waals surface area contributed by atoms with Crippen molar-refractivity contribution in [1.29, 1.82) is 0 Å². The van der Waals surface area contributed by atoms with E-state index in [1.54, 1.807) is 10.9 Å². The molecule has 2 aromatic rings. The number of carbonyl (C=O) groups excluding carboxylic acids is 1. The lowest BCUT2D eigenvalue weighted by Gasteiger charge is -2.07. The summed E-state index contributed by atoms with van der Waals surface area (Å²) in [6.45, 7) is 0.685. The van der Waals surface area contributed by atoms with Gasteiger partial charge in [-0.1, -0.05) is 30.3 Å². The number of amides is 1. The van der Waals surface area contributed by atoms with Crippen LogP contribution in [0.25, 0.3) is 0 Å². The molecular formula is C14H16N4O. The van der Waals surface area contributed by atoms with E-state index in [-0.39, 0.29) is 5.91 Å². The van der Waals surface area contributed by atoms with Gasteiger partial charge in [0.25, 0.3) is 0 Å². The summed E-state index contributed by atoms with van der Waals surface area (Å²) in [5.41, 5.74) is 7.04. The van der Waals surface area contributed by atoms with E-state index in [2.05, 4.69) is 10.4 Å². The first-order valence-electron chi connectivity index (χ1n) is 6.32. The van der Waals surface area contributed by atoms with Crippen molar-refractivity contribution in [3.8, 4) is 0 Å². The Labute approximate surface area is 111 Å². The fourth-order valence-corrected chi connectivity index (χ4v) is 1.90. The van der Waals surface area contributed by atoms with Gasteiger partial charge >= 0.3 is 0 Å². The number of nitrogens with one attached hydrogen (secondary N) is 1. The van der Waals surface area contributed by atoms with Crippen molar-refractivity contribution in [2.45, 2.75) is 24.9 Å². The molecule has 1 aromatic heterocycles. The van der Waals surface area contributed by atoms with Crippen LogP contribution in [0, 0.1) is 0 Å². The van der Waals surface area contributed by atoms with E-state index in [9.17, 15) is 4.79 Å². The molecule has 98 valence electrons. The van der Waals surface area contributed by atoms with Crippen LogP contribution in [0.3, 0.4) is 0 Å². The fraction of sp³-hybridized carbons (Fsp3) is 0.286. The molecule has 1 saturated carbocycles. The summed E-state index contributed by atoms with van der Waals surface area (Å²) in [6.07, 6.45) is 4.98. The quantitative estimate of drug-likeness (QED) is 0.867. The third kappa shape index (κ3) is 2.66. The third-order valence-corrected chi connectivity index (χ3v) is 3.32. The topological polar surface area (TPSA) is 72.9 Å². The Morgan fingerprint density at radius 2 is 2.11 bits per heavy atom. The molecule has 3 rings (SSSR count). The zero-order valence-electron chi connectivity index (χ0n) is 10.5. The van der Waals surface area contributed by atoms with Crippen LogP contribution in [-0.2, 0) is 11.3 Å². The lowest BCUT2D eigenvalue weighted by atomic mass is 10.2. The normalized spacial score (nSPS) is 16.1. The van der Waals surface area contributed by atoms with Crippen molar-refractivity contribution >= 4 is 11.6 Å². The first kappa shape index (κ1) is 11.9. The highest BCUT2D eigenvalue weighted by atomic mass is 16.2. The molecule has 1 heterocycles. The SMILES string of the molecule is NC1(C(=O)Nc2cnn(Cc3ccccc3)c2)CC1. The molecule has 0 unspecified atom stereocenters. The predicted molar refractivity (Wildman–Crippen MR) is 72.6 cm³/mol. The average molecular weight is 256 g/mol. The molecule has 3 N–H and O–H groups in total. The first-order valence-corrected chi connectivity index (χ1v) is 6.32. The summed E-state index contributed by atoms with van der Waals surface area (Å²) in [4.78, 5) is 11.8. The molecule has 0 saturated heterocycles. The largest absolute Gasteiger partial charge is 0.322 e. The summed E-state index contributed by atoms with van der Waals surface area (Å²) in [6, 6.07) is 10.0. The maximum absolute atomic E-state index is 11.8. The van der Waals surface area contributed by atoms with Crippen LogP contribution >= 0.6 is 0 Å². The monoisotopic (exact) mass is 256 g/mol. The van der Waals surface area contributed by atoms with E-state index in [0.29, 0.717) is 12.2 Å². The molecule has 0 atom stereocenters. The molecule has 0 bridgehead atoms. The third-order valence-electron chi connectivity index (χ3n) is 3.32. The second-order valence-electron chi connectivity index (χ2n) is 5.02.